The van der Waals surface area contributed by atoms with Crippen molar-refractivity contribution < 1.29 is 14.7 Å². The lowest BCUT2D eigenvalue weighted by Crippen LogP contribution is -2.39. The van der Waals surface area contributed by atoms with Gasteiger partial charge < -0.3 is 25.6 Å². The number of carbonyl (C=O) groups excluding carboxylic acids is 2. The number of aromatic nitrogens is 1. The van der Waals surface area contributed by atoms with Crippen molar-refractivity contribution in [1.29, 1.82) is 0 Å². The van der Waals surface area contributed by atoms with Crippen molar-refractivity contribution in [3.05, 3.63) is 75.6 Å². The Morgan fingerprint density at radius 3 is 2.70 bits per heavy atom. The van der Waals surface area contributed by atoms with E-state index >= 15 is 0 Å². The molecule has 8 heteroatoms. The van der Waals surface area contributed by atoms with Gasteiger partial charge in [-0.25, -0.2) is 0 Å². The molecule has 0 unspecified atom stereocenters. The number of anilines is 1. The first-order valence-electron chi connectivity index (χ1n) is 12.6. The lowest BCUT2D eigenvalue weighted by atomic mass is 9.94. The normalized spacial score (nSPS) is 17.2. The maximum atomic E-state index is 13.0. The Balaban J connectivity index is 1.41. The molecule has 1 saturated heterocycles. The number of aliphatic hydroxyl groups is 1. The van der Waals surface area contributed by atoms with Crippen molar-refractivity contribution in [2.24, 2.45) is 0 Å². The molecule has 3 heterocycles. The molecule has 0 radical (unpaired) electrons. The van der Waals surface area contributed by atoms with E-state index in [-0.39, 0.29) is 18.4 Å². The first kappa shape index (κ1) is 25.3. The maximum absolute atomic E-state index is 13.0. The molecule has 3 aromatic rings. The number of nitrogens with one attached hydrogen (secondary N) is 3. The van der Waals surface area contributed by atoms with Crippen LogP contribution in [-0.2, 0) is 4.79 Å². The van der Waals surface area contributed by atoms with E-state index in [9.17, 15) is 14.7 Å². The summed E-state index contributed by atoms with van der Waals surface area (Å²) in [6.45, 7) is 6.44. The van der Waals surface area contributed by atoms with Gasteiger partial charge in [0.1, 0.15) is 0 Å². The van der Waals surface area contributed by atoms with Crippen LogP contribution in [0.4, 0.5) is 5.69 Å². The molecule has 4 N–H and O–H groups in total. The van der Waals surface area contributed by atoms with Gasteiger partial charge in [-0.15, -0.1) is 0 Å². The molecule has 1 fully saturated rings. The predicted octanol–water partition coefficient (Wildman–Crippen LogP) is 4.63. The molecule has 5 rings (SSSR count). The monoisotopic (exact) mass is 518 g/mol. The van der Waals surface area contributed by atoms with Gasteiger partial charge in [-0.05, 0) is 80.7 Å². The zero-order chi connectivity index (χ0) is 26.1. The third-order valence-electron chi connectivity index (χ3n) is 7.12. The highest BCUT2D eigenvalue weighted by molar-refractivity contribution is 6.36. The first-order chi connectivity index (χ1) is 17.8. The smallest absolute Gasteiger partial charge is 0.256 e. The van der Waals surface area contributed by atoms with E-state index in [0.29, 0.717) is 34.1 Å². The third-order valence-corrected chi connectivity index (χ3v) is 7.36. The van der Waals surface area contributed by atoms with Gasteiger partial charge >= 0.3 is 0 Å². The average molecular weight is 519 g/mol. The fraction of sp³-hybridized carbons (Fsp3) is 0.310. The number of fused-ring (bicyclic) bond motifs is 1. The largest absolute Gasteiger partial charge is 0.390 e. The van der Waals surface area contributed by atoms with E-state index in [2.05, 4.69) is 20.5 Å². The average Bonchev–Trinajstić information content (AvgIpc) is 3.56. The molecular weight excluding hydrogens is 488 g/mol. The Kier molecular flexibility index (Phi) is 7.20. The van der Waals surface area contributed by atoms with Crippen molar-refractivity contribution in [2.45, 2.75) is 32.8 Å². The van der Waals surface area contributed by atoms with Crippen LogP contribution >= 0.6 is 11.6 Å². The third kappa shape index (κ3) is 5.21. The fourth-order valence-electron chi connectivity index (χ4n) is 5.31. The van der Waals surface area contributed by atoms with Gasteiger partial charge in [0.2, 0.25) is 0 Å². The number of carbonyl (C=O) groups is 2. The Bertz CT molecular complexity index is 1390. The second-order valence-electron chi connectivity index (χ2n) is 9.79. The van der Waals surface area contributed by atoms with E-state index in [1.807, 2.05) is 56.3 Å². The molecule has 2 amide bonds. The van der Waals surface area contributed by atoms with E-state index in [4.69, 9.17) is 11.6 Å². The predicted molar refractivity (Wildman–Crippen MR) is 148 cm³/mol. The highest BCUT2D eigenvalue weighted by Crippen LogP contribution is 2.41. The minimum absolute atomic E-state index is 0.189. The SMILES string of the molecule is Cc1[nH]c(C=C2C(=O)Nc3cccc(-c4cccc(Cl)c4)c32)c(C)c1C(=O)NC[C@H](O)CN1CCCC1. The summed E-state index contributed by atoms with van der Waals surface area (Å²) in [5.74, 6) is -0.445. The van der Waals surface area contributed by atoms with Gasteiger partial charge in [0.05, 0.1) is 17.2 Å². The molecule has 1 aromatic heterocycles. The summed E-state index contributed by atoms with van der Waals surface area (Å²) < 4.78 is 0. The molecule has 0 saturated carbocycles. The second-order valence-corrected chi connectivity index (χ2v) is 10.2. The molecule has 7 nitrogen and oxygen atoms in total. The summed E-state index contributed by atoms with van der Waals surface area (Å²) in [7, 11) is 0. The van der Waals surface area contributed by atoms with Crippen molar-refractivity contribution >= 4 is 40.8 Å². The molecular formula is C29H31ClN4O3. The maximum Gasteiger partial charge on any atom is 0.256 e. The van der Waals surface area contributed by atoms with Crippen LogP contribution in [0.2, 0.25) is 5.02 Å². The van der Waals surface area contributed by atoms with Gasteiger partial charge in [0.25, 0.3) is 11.8 Å². The van der Waals surface area contributed by atoms with Crippen LogP contribution in [0.15, 0.2) is 42.5 Å². The Hall–Kier alpha value is -3.39. The Morgan fingerprint density at radius 2 is 1.95 bits per heavy atom. The van der Waals surface area contributed by atoms with E-state index in [1.54, 1.807) is 6.08 Å². The number of β-amino-alcohol motifs (C(OH)–C–C–N with tert-alkyl or cyclic N) is 1. The van der Waals surface area contributed by atoms with Crippen molar-refractivity contribution in [1.82, 2.24) is 15.2 Å². The number of aryl methyl sites for hydroxylation is 1. The molecule has 2 aliphatic rings. The number of likely N-dealkylation sites (tertiary alicyclic amines) is 1. The lowest BCUT2D eigenvalue weighted by molar-refractivity contribution is -0.110. The molecule has 37 heavy (non-hydrogen) atoms. The van der Waals surface area contributed by atoms with Crippen molar-refractivity contribution in [2.75, 3.05) is 31.5 Å². The number of rotatable bonds is 7. The lowest BCUT2D eigenvalue weighted by Gasteiger charge is -2.19. The number of amides is 2. The molecule has 0 spiro atoms. The van der Waals surface area contributed by atoms with Crippen LogP contribution in [0.25, 0.3) is 22.8 Å². The van der Waals surface area contributed by atoms with Crippen LogP contribution in [0, 0.1) is 13.8 Å². The number of nitrogens with zero attached hydrogens (tertiary/aromatic N) is 1. The number of halogens is 1. The zero-order valence-electron chi connectivity index (χ0n) is 21.0. The van der Waals surface area contributed by atoms with Gasteiger partial charge in [0.15, 0.2) is 0 Å². The summed E-state index contributed by atoms with van der Waals surface area (Å²) in [5.41, 5.74) is 6.55. The molecule has 1 atom stereocenters. The minimum atomic E-state index is -0.619. The summed E-state index contributed by atoms with van der Waals surface area (Å²) in [4.78, 5) is 31.6. The van der Waals surface area contributed by atoms with Gasteiger partial charge in [-0.3, -0.25) is 9.59 Å². The van der Waals surface area contributed by atoms with Crippen LogP contribution in [0.3, 0.4) is 0 Å². The zero-order valence-corrected chi connectivity index (χ0v) is 21.8. The summed E-state index contributed by atoms with van der Waals surface area (Å²) in [6.07, 6.45) is 3.49. The second kappa shape index (κ2) is 10.5. The summed E-state index contributed by atoms with van der Waals surface area (Å²) in [5, 5.41) is 16.8. The van der Waals surface area contributed by atoms with Gasteiger partial charge in [0, 0.05) is 40.8 Å². The highest BCUT2D eigenvalue weighted by Gasteiger charge is 2.28. The Labute approximate surface area is 221 Å². The summed E-state index contributed by atoms with van der Waals surface area (Å²) >= 11 is 6.24. The number of aliphatic hydroxyl groups excluding tert-OH is 1. The number of H-pyrrole nitrogens is 1. The highest BCUT2D eigenvalue weighted by atomic mass is 35.5. The van der Waals surface area contributed by atoms with Crippen molar-refractivity contribution in [3.8, 4) is 11.1 Å². The number of aromatic amines is 1. The van der Waals surface area contributed by atoms with Crippen LogP contribution in [0.1, 0.15) is 45.7 Å². The summed E-state index contributed by atoms with van der Waals surface area (Å²) in [6, 6.07) is 13.3. The van der Waals surface area contributed by atoms with E-state index in [1.165, 1.54) is 0 Å². The molecule has 0 bridgehead atoms. The van der Waals surface area contributed by atoms with Gasteiger partial charge in [-0.1, -0.05) is 35.9 Å². The molecule has 2 aromatic carbocycles. The van der Waals surface area contributed by atoms with Crippen LogP contribution in [0.5, 0.6) is 0 Å². The minimum Gasteiger partial charge on any atom is -0.390 e. The topological polar surface area (TPSA) is 97.5 Å². The fourth-order valence-corrected chi connectivity index (χ4v) is 5.50. The van der Waals surface area contributed by atoms with E-state index in [0.717, 1.165) is 53.9 Å². The van der Waals surface area contributed by atoms with E-state index < -0.39 is 6.10 Å². The Morgan fingerprint density at radius 1 is 1.19 bits per heavy atom. The molecule has 0 aliphatic carbocycles. The number of hydrogen-bond acceptors (Lipinski definition) is 4. The van der Waals surface area contributed by atoms with Crippen molar-refractivity contribution in [3.63, 3.8) is 0 Å². The number of benzene rings is 2. The van der Waals surface area contributed by atoms with Gasteiger partial charge in [-0.2, -0.15) is 0 Å². The first-order valence-corrected chi connectivity index (χ1v) is 13.0. The molecule has 2 aliphatic heterocycles. The quantitative estimate of drug-likeness (QED) is 0.343. The van der Waals surface area contributed by atoms with Crippen LogP contribution < -0.4 is 10.6 Å². The molecule has 192 valence electrons. The number of hydrogen-bond donors (Lipinski definition) is 4. The van der Waals surface area contributed by atoms with Crippen LogP contribution in [-0.4, -0.2) is 59.1 Å². The standard InChI is InChI=1S/C29H31ClN4O3/c1-17-25(32-18(2)26(17)29(37)31-15-21(35)16-34-11-3-4-12-34)14-23-27-22(19-7-5-8-20(30)13-19)9-6-10-24(27)33-28(23)36/h5-10,13-14,21,32,35H,3-4,11-12,15-16H2,1-2H3,(H,31,37)(H,33,36)/t21-/m0/s1.